The van der Waals surface area contributed by atoms with Crippen molar-refractivity contribution in [3.63, 3.8) is 0 Å². The standard InChI is InChI=1S/C26H27F2N7O5/c1-2-31-20(36)14-33-25(40)26(27,28)22(38)19(11-16-7-4-3-5-8-16)34-21(37)15-35-23(17-9-6-10-30-12-17)32-13-18(29)24(35)39/h3-10,12-13,19H,2,11,14-15,29H2,1H3,(H,31,36)(H,33,40)(H,34,37). The number of Topliss-reactive ketones (excluding diaryl/α,β-unsaturated/α-hetero) is 1. The average Bonchev–Trinajstić information content (AvgIpc) is 2.94. The van der Waals surface area contributed by atoms with Crippen LogP contribution in [0.4, 0.5) is 14.5 Å². The number of pyridine rings is 1. The highest BCUT2D eigenvalue weighted by Gasteiger charge is 2.50. The number of hydrogen-bond acceptors (Lipinski definition) is 8. The molecule has 14 heteroatoms. The van der Waals surface area contributed by atoms with Crippen molar-refractivity contribution in [2.24, 2.45) is 0 Å². The van der Waals surface area contributed by atoms with Gasteiger partial charge in [-0.2, -0.15) is 8.78 Å². The molecule has 1 aromatic carbocycles. The molecule has 3 amide bonds. The van der Waals surface area contributed by atoms with E-state index in [2.05, 4.69) is 20.6 Å². The Bertz CT molecular complexity index is 1430. The van der Waals surface area contributed by atoms with Crippen LogP contribution in [0.1, 0.15) is 12.5 Å². The van der Waals surface area contributed by atoms with Crippen LogP contribution in [0.5, 0.6) is 0 Å². The van der Waals surface area contributed by atoms with Gasteiger partial charge in [-0.25, -0.2) is 4.98 Å². The van der Waals surface area contributed by atoms with E-state index in [-0.39, 0.29) is 24.5 Å². The van der Waals surface area contributed by atoms with Gasteiger partial charge in [0.2, 0.25) is 17.6 Å². The number of nitrogen functional groups attached to an aromatic ring is 1. The molecule has 12 nitrogen and oxygen atoms in total. The number of hydrogen-bond donors (Lipinski definition) is 4. The number of ketones is 1. The van der Waals surface area contributed by atoms with Gasteiger partial charge in [0.1, 0.15) is 18.1 Å². The van der Waals surface area contributed by atoms with Crippen molar-refractivity contribution >= 4 is 29.2 Å². The topological polar surface area (TPSA) is 178 Å². The fourth-order valence-electron chi connectivity index (χ4n) is 3.68. The van der Waals surface area contributed by atoms with E-state index < -0.39 is 54.1 Å². The second-order valence-electron chi connectivity index (χ2n) is 8.55. The number of alkyl halides is 2. The summed E-state index contributed by atoms with van der Waals surface area (Å²) in [5.74, 6) is -10.2. The monoisotopic (exact) mass is 555 g/mol. The fourth-order valence-corrected chi connectivity index (χ4v) is 3.68. The summed E-state index contributed by atoms with van der Waals surface area (Å²) in [5, 5.41) is 6.27. The Morgan fingerprint density at radius 3 is 2.40 bits per heavy atom. The number of aromatic nitrogens is 3. The number of nitrogens with zero attached hydrogens (tertiary/aromatic N) is 3. The third-order valence-corrected chi connectivity index (χ3v) is 5.61. The SMILES string of the molecule is CCNC(=O)CNC(=O)C(F)(F)C(=O)C(Cc1ccccc1)NC(=O)Cn1c(-c2cccnc2)ncc(N)c1=O. The van der Waals surface area contributed by atoms with E-state index in [0.29, 0.717) is 11.1 Å². The molecule has 40 heavy (non-hydrogen) atoms. The first-order valence-electron chi connectivity index (χ1n) is 12.1. The van der Waals surface area contributed by atoms with E-state index in [9.17, 15) is 32.8 Å². The Balaban J connectivity index is 1.87. The molecule has 0 aliphatic heterocycles. The molecule has 1 atom stereocenters. The second-order valence-corrected chi connectivity index (χ2v) is 8.55. The molecule has 2 heterocycles. The minimum absolute atomic E-state index is 0.0310. The Kier molecular flexibility index (Phi) is 9.73. The second kappa shape index (κ2) is 13.2. The van der Waals surface area contributed by atoms with Crippen molar-refractivity contribution in [2.75, 3.05) is 18.8 Å². The normalized spacial score (nSPS) is 11.8. The highest BCUT2D eigenvalue weighted by Crippen LogP contribution is 2.20. The fraction of sp³-hybridized carbons (Fsp3) is 0.269. The van der Waals surface area contributed by atoms with Gasteiger partial charge in [-0.15, -0.1) is 0 Å². The highest BCUT2D eigenvalue weighted by molar-refractivity contribution is 6.11. The zero-order valence-corrected chi connectivity index (χ0v) is 21.4. The first-order valence-corrected chi connectivity index (χ1v) is 12.1. The van der Waals surface area contributed by atoms with Crippen LogP contribution in [0.2, 0.25) is 0 Å². The van der Waals surface area contributed by atoms with E-state index in [1.807, 2.05) is 0 Å². The van der Waals surface area contributed by atoms with Crippen molar-refractivity contribution in [1.29, 1.82) is 0 Å². The summed E-state index contributed by atoms with van der Waals surface area (Å²) in [6.07, 6.45) is 3.61. The maximum absolute atomic E-state index is 14.9. The van der Waals surface area contributed by atoms with Crippen molar-refractivity contribution in [3.8, 4) is 11.4 Å². The van der Waals surface area contributed by atoms with Crippen LogP contribution in [0.25, 0.3) is 11.4 Å². The smallest absolute Gasteiger partial charge is 0.383 e. The number of halogens is 2. The summed E-state index contributed by atoms with van der Waals surface area (Å²) < 4.78 is 30.8. The molecule has 3 aromatic rings. The van der Waals surface area contributed by atoms with Gasteiger partial charge in [-0.1, -0.05) is 30.3 Å². The summed E-state index contributed by atoms with van der Waals surface area (Å²) in [6.45, 7) is 0.314. The number of nitrogens with one attached hydrogen (secondary N) is 3. The summed E-state index contributed by atoms with van der Waals surface area (Å²) >= 11 is 0. The van der Waals surface area contributed by atoms with Gasteiger partial charge < -0.3 is 21.7 Å². The van der Waals surface area contributed by atoms with Gasteiger partial charge >= 0.3 is 5.92 Å². The van der Waals surface area contributed by atoms with Crippen LogP contribution in [0.15, 0.2) is 65.8 Å². The number of carbonyl (C=O) groups is 4. The minimum atomic E-state index is -4.59. The van der Waals surface area contributed by atoms with Crippen molar-refractivity contribution in [2.45, 2.75) is 31.9 Å². The van der Waals surface area contributed by atoms with Crippen LogP contribution >= 0.6 is 0 Å². The zero-order valence-electron chi connectivity index (χ0n) is 21.4. The molecule has 5 N–H and O–H groups in total. The first-order chi connectivity index (χ1) is 19.0. The lowest BCUT2D eigenvalue weighted by Crippen LogP contribution is -2.56. The lowest BCUT2D eigenvalue weighted by molar-refractivity contribution is -0.160. The molecule has 0 fully saturated rings. The van der Waals surface area contributed by atoms with Crippen LogP contribution in [-0.4, -0.2) is 63.1 Å². The van der Waals surface area contributed by atoms with Crippen LogP contribution in [-0.2, 0) is 32.1 Å². The van der Waals surface area contributed by atoms with E-state index in [1.165, 1.54) is 12.4 Å². The van der Waals surface area contributed by atoms with Gasteiger partial charge in [0.15, 0.2) is 0 Å². The molecule has 0 spiro atoms. The molecular weight excluding hydrogens is 528 g/mol. The maximum atomic E-state index is 14.9. The molecule has 0 saturated heterocycles. The summed E-state index contributed by atoms with van der Waals surface area (Å²) in [5.41, 5.74) is 5.43. The predicted molar refractivity (Wildman–Crippen MR) is 140 cm³/mol. The van der Waals surface area contributed by atoms with Crippen LogP contribution in [0.3, 0.4) is 0 Å². The number of nitrogens with two attached hydrogens (primary N) is 1. The molecule has 1 unspecified atom stereocenters. The molecule has 3 rings (SSSR count). The number of carbonyl (C=O) groups excluding carboxylic acids is 4. The Morgan fingerprint density at radius 2 is 1.75 bits per heavy atom. The van der Waals surface area contributed by atoms with E-state index in [4.69, 9.17) is 5.73 Å². The Morgan fingerprint density at radius 1 is 1.02 bits per heavy atom. The number of amides is 3. The van der Waals surface area contributed by atoms with Gasteiger partial charge in [-0.05, 0) is 24.6 Å². The zero-order chi connectivity index (χ0) is 29.3. The van der Waals surface area contributed by atoms with E-state index >= 15 is 0 Å². The lowest BCUT2D eigenvalue weighted by Gasteiger charge is -2.23. The quantitative estimate of drug-likeness (QED) is 0.227. The molecular formula is C26H27F2N7O5. The number of anilines is 1. The molecule has 0 radical (unpaired) electrons. The maximum Gasteiger partial charge on any atom is 0.383 e. The van der Waals surface area contributed by atoms with Crippen LogP contribution in [0, 0.1) is 0 Å². The third-order valence-electron chi connectivity index (χ3n) is 5.61. The predicted octanol–water partition coefficient (Wildman–Crippen LogP) is 0.0717. The summed E-state index contributed by atoms with van der Waals surface area (Å²) in [6, 6.07) is 9.27. The Labute approximate surface area is 227 Å². The van der Waals surface area contributed by atoms with E-state index in [1.54, 1.807) is 54.7 Å². The summed E-state index contributed by atoms with van der Waals surface area (Å²) in [4.78, 5) is 70.5. The van der Waals surface area contributed by atoms with Gasteiger partial charge in [-0.3, -0.25) is 33.5 Å². The number of rotatable bonds is 12. The van der Waals surface area contributed by atoms with Crippen LogP contribution < -0.4 is 27.2 Å². The van der Waals surface area contributed by atoms with Crippen molar-refractivity contribution in [3.05, 3.63) is 77.0 Å². The average molecular weight is 556 g/mol. The highest BCUT2D eigenvalue weighted by atomic mass is 19.3. The molecule has 0 aliphatic rings. The van der Waals surface area contributed by atoms with Gasteiger partial charge in [0, 0.05) is 30.9 Å². The van der Waals surface area contributed by atoms with E-state index in [0.717, 1.165) is 10.8 Å². The molecule has 210 valence electrons. The molecule has 0 bridgehead atoms. The molecule has 0 saturated carbocycles. The number of likely N-dealkylation sites (N-methyl/N-ethyl adjacent to an activating group) is 1. The van der Waals surface area contributed by atoms with Crippen molar-refractivity contribution < 1.29 is 28.0 Å². The largest absolute Gasteiger partial charge is 0.393 e. The first kappa shape index (κ1) is 29.5. The van der Waals surface area contributed by atoms with Crippen molar-refractivity contribution in [1.82, 2.24) is 30.5 Å². The molecule has 0 aliphatic carbocycles. The van der Waals surface area contributed by atoms with Gasteiger partial charge in [0.05, 0.1) is 18.8 Å². The number of benzene rings is 1. The molecule has 2 aromatic heterocycles. The minimum Gasteiger partial charge on any atom is -0.393 e. The summed E-state index contributed by atoms with van der Waals surface area (Å²) in [7, 11) is 0. The van der Waals surface area contributed by atoms with Gasteiger partial charge in [0.25, 0.3) is 11.5 Å². The third kappa shape index (κ3) is 7.30. The lowest BCUT2D eigenvalue weighted by atomic mass is 9.98. The Hall–Kier alpha value is -5.01.